The molecule has 1 atom stereocenters. The first-order valence-corrected chi connectivity index (χ1v) is 5.32. The van der Waals surface area contributed by atoms with Gasteiger partial charge in [-0.25, -0.2) is 0 Å². The van der Waals surface area contributed by atoms with Crippen LogP contribution in [0.15, 0.2) is 0 Å². The SMILES string of the molecule is OC(O)(O)C(Cl)CCCCCCCl. The van der Waals surface area contributed by atoms with Gasteiger partial charge in [0.25, 0.3) is 5.97 Å². The van der Waals surface area contributed by atoms with E-state index in [1.165, 1.54) is 0 Å². The molecule has 0 aromatic carbocycles. The molecule has 80 valence electrons. The summed E-state index contributed by atoms with van der Waals surface area (Å²) < 4.78 is 0. The zero-order valence-corrected chi connectivity index (χ0v) is 8.93. The summed E-state index contributed by atoms with van der Waals surface area (Å²) in [5.74, 6) is -2.11. The number of rotatable bonds is 7. The first-order valence-electron chi connectivity index (χ1n) is 4.35. The summed E-state index contributed by atoms with van der Waals surface area (Å²) in [5, 5.41) is 24.9. The van der Waals surface area contributed by atoms with Gasteiger partial charge in [-0.15, -0.1) is 23.2 Å². The van der Waals surface area contributed by atoms with E-state index >= 15 is 0 Å². The van der Waals surface area contributed by atoms with Crippen molar-refractivity contribution in [2.75, 3.05) is 5.88 Å². The Kier molecular flexibility index (Phi) is 7.09. The summed E-state index contributed by atoms with van der Waals surface area (Å²) in [5.41, 5.74) is 0. The molecular formula is C8H16Cl2O3. The van der Waals surface area contributed by atoms with E-state index in [0.717, 1.165) is 25.7 Å². The summed E-state index contributed by atoms with van der Waals surface area (Å²) in [4.78, 5) is 0. The smallest absolute Gasteiger partial charge is 0.292 e. The topological polar surface area (TPSA) is 60.7 Å². The molecule has 0 aromatic heterocycles. The van der Waals surface area contributed by atoms with Crippen LogP contribution in [0.25, 0.3) is 0 Å². The zero-order chi connectivity index (χ0) is 10.3. The fourth-order valence-electron chi connectivity index (χ4n) is 0.965. The van der Waals surface area contributed by atoms with Crippen LogP contribution >= 0.6 is 23.2 Å². The van der Waals surface area contributed by atoms with Gasteiger partial charge in [0.1, 0.15) is 5.38 Å². The van der Waals surface area contributed by atoms with E-state index < -0.39 is 11.4 Å². The van der Waals surface area contributed by atoms with Crippen LogP contribution in [0.4, 0.5) is 0 Å². The van der Waals surface area contributed by atoms with Crippen molar-refractivity contribution in [1.82, 2.24) is 0 Å². The molecule has 3 nitrogen and oxygen atoms in total. The third-order valence-electron chi connectivity index (χ3n) is 1.76. The lowest BCUT2D eigenvalue weighted by molar-refractivity contribution is -0.311. The second-order valence-electron chi connectivity index (χ2n) is 3.05. The van der Waals surface area contributed by atoms with E-state index in [0.29, 0.717) is 12.3 Å². The molecule has 3 N–H and O–H groups in total. The highest BCUT2D eigenvalue weighted by Gasteiger charge is 2.29. The highest BCUT2D eigenvalue weighted by Crippen LogP contribution is 2.17. The third-order valence-corrected chi connectivity index (χ3v) is 2.54. The predicted octanol–water partition coefficient (Wildman–Crippen LogP) is 1.41. The molecule has 13 heavy (non-hydrogen) atoms. The van der Waals surface area contributed by atoms with Gasteiger partial charge in [0.15, 0.2) is 0 Å². The molecule has 0 saturated heterocycles. The highest BCUT2D eigenvalue weighted by molar-refractivity contribution is 6.21. The molecule has 0 fully saturated rings. The van der Waals surface area contributed by atoms with Gasteiger partial charge in [0.05, 0.1) is 0 Å². The molecule has 0 bridgehead atoms. The van der Waals surface area contributed by atoms with Gasteiger partial charge in [-0.1, -0.05) is 19.3 Å². The normalized spacial score (nSPS) is 14.5. The monoisotopic (exact) mass is 230 g/mol. The number of hydrogen-bond acceptors (Lipinski definition) is 3. The minimum atomic E-state index is -2.76. The summed E-state index contributed by atoms with van der Waals surface area (Å²) in [6.45, 7) is 0. The Morgan fingerprint density at radius 2 is 1.54 bits per heavy atom. The zero-order valence-electron chi connectivity index (χ0n) is 7.42. The standard InChI is InChI=1S/C8H16Cl2O3/c9-6-4-2-1-3-5-7(10)8(11,12)13/h7,11-13H,1-6H2. The van der Waals surface area contributed by atoms with Crippen LogP contribution in [-0.4, -0.2) is 32.5 Å². The summed E-state index contributed by atoms with van der Waals surface area (Å²) in [6, 6.07) is 0. The fraction of sp³-hybridized carbons (Fsp3) is 1.00. The minimum Gasteiger partial charge on any atom is -0.342 e. The number of halogens is 2. The maximum Gasteiger partial charge on any atom is 0.292 e. The molecule has 5 heteroatoms. The van der Waals surface area contributed by atoms with Gasteiger partial charge in [-0.2, -0.15) is 0 Å². The second-order valence-corrected chi connectivity index (χ2v) is 3.95. The number of unbranched alkanes of at least 4 members (excludes halogenated alkanes) is 3. The molecule has 0 aliphatic rings. The Balaban J connectivity index is 3.32. The Hall–Kier alpha value is 0.460. The average molecular weight is 231 g/mol. The molecule has 0 radical (unpaired) electrons. The van der Waals surface area contributed by atoms with Crippen LogP contribution in [0.2, 0.25) is 0 Å². The molecule has 0 aliphatic heterocycles. The van der Waals surface area contributed by atoms with Gasteiger partial charge >= 0.3 is 0 Å². The van der Waals surface area contributed by atoms with Gasteiger partial charge in [0.2, 0.25) is 0 Å². The van der Waals surface area contributed by atoms with Crippen LogP contribution in [0, 0.1) is 0 Å². The number of aliphatic hydroxyl groups is 3. The van der Waals surface area contributed by atoms with Crippen molar-refractivity contribution >= 4 is 23.2 Å². The van der Waals surface area contributed by atoms with E-state index in [1.807, 2.05) is 0 Å². The van der Waals surface area contributed by atoms with Crippen LogP contribution in [0.1, 0.15) is 32.1 Å². The average Bonchev–Trinajstić information content (AvgIpc) is 2.02. The molecule has 0 saturated carbocycles. The van der Waals surface area contributed by atoms with Gasteiger partial charge < -0.3 is 15.3 Å². The molecule has 0 rings (SSSR count). The van der Waals surface area contributed by atoms with E-state index in [9.17, 15) is 0 Å². The van der Waals surface area contributed by atoms with Crippen LogP contribution in [0.5, 0.6) is 0 Å². The summed E-state index contributed by atoms with van der Waals surface area (Å²) >= 11 is 11.0. The Morgan fingerprint density at radius 1 is 1.00 bits per heavy atom. The molecule has 1 unspecified atom stereocenters. The molecule has 0 aromatic rings. The molecule has 0 spiro atoms. The van der Waals surface area contributed by atoms with Crippen molar-refractivity contribution in [3.63, 3.8) is 0 Å². The Morgan fingerprint density at radius 3 is 2.00 bits per heavy atom. The summed E-state index contributed by atoms with van der Waals surface area (Å²) in [6.07, 6.45) is 4.03. The van der Waals surface area contributed by atoms with Crippen molar-refractivity contribution in [2.24, 2.45) is 0 Å². The van der Waals surface area contributed by atoms with Crippen LogP contribution < -0.4 is 0 Å². The molecule has 0 aliphatic carbocycles. The quantitative estimate of drug-likeness (QED) is 0.352. The molecule has 0 amide bonds. The van der Waals surface area contributed by atoms with E-state index in [2.05, 4.69) is 0 Å². The minimum absolute atomic E-state index is 0.382. The number of hydrogen-bond donors (Lipinski definition) is 3. The summed E-state index contributed by atoms with van der Waals surface area (Å²) in [7, 11) is 0. The first kappa shape index (κ1) is 13.5. The van der Waals surface area contributed by atoms with Crippen LogP contribution in [0.3, 0.4) is 0 Å². The van der Waals surface area contributed by atoms with E-state index in [1.54, 1.807) is 0 Å². The maximum absolute atomic E-state index is 8.65. The molecule has 0 heterocycles. The third kappa shape index (κ3) is 7.52. The largest absolute Gasteiger partial charge is 0.342 e. The van der Waals surface area contributed by atoms with Crippen LogP contribution in [-0.2, 0) is 0 Å². The van der Waals surface area contributed by atoms with Crippen molar-refractivity contribution in [1.29, 1.82) is 0 Å². The lowest BCUT2D eigenvalue weighted by Gasteiger charge is -2.19. The maximum atomic E-state index is 8.65. The first-order chi connectivity index (χ1) is 5.98. The van der Waals surface area contributed by atoms with Gasteiger partial charge in [-0.05, 0) is 12.8 Å². The van der Waals surface area contributed by atoms with Crippen molar-refractivity contribution < 1.29 is 15.3 Å². The predicted molar refractivity (Wildman–Crippen MR) is 52.8 cm³/mol. The lowest BCUT2D eigenvalue weighted by atomic mass is 10.1. The Labute approximate surface area is 88.3 Å². The van der Waals surface area contributed by atoms with E-state index in [-0.39, 0.29) is 0 Å². The number of alkyl halides is 2. The Bertz CT molecular complexity index is 125. The second kappa shape index (κ2) is 6.85. The van der Waals surface area contributed by atoms with E-state index in [4.69, 9.17) is 38.5 Å². The van der Waals surface area contributed by atoms with Gasteiger partial charge in [0, 0.05) is 5.88 Å². The van der Waals surface area contributed by atoms with Crippen molar-refractivity contribution in [3.8, 4) is 0 Å². The van der Waals surface area contributed by atoms with Crippen molar-refractivity contribution in [3.05, 3.63) is 0 Å². The molecular weight excluding hydrogens is 215 g/mol. The highest BCUT2D eigenvalue weighted by atomic mass is 35.5. The fourth-order valence-corrected chi connectivity index (χ4v) is 1.31. The van der Waals surface area contributed by atoms with Crippen molar-refractivity contribution in [2.45, 2.75) is 43.5 Å². The van der Waals surface area contributed by atoms with Gasteiger partial charge in [-0.3, -0.25) is 0 Å². The lowest BCUT2D eigenvalue weighted by Crippen LogP contribution is -2.38.